The first-order valence-electron chi connectivity index (χ1n) is 8.80. The molecule has 31 heavy (non-hydrogen) atoms. The van der Waals surface area contributed by atoms with Crippen molar-refractivity contribution in [1.29, 1.82) is 5.26 Å². The number of carbonyl (C=O) groups excluding carboxylic acids is 1. The molecule has 0 fully saturated rings. The van der Waals surface area contributed by atoms with E-state index in [9.17, 15) is 23.0 Å². The Balaban J connectivity index is 1.98. The van der Waals surface area contributed by atoms with Crippen LogP contribution >= 0.6 is 11.6 Å². The second-order valence-electron chi connectivity index (χ2n) is 6.32. The third-order valence-corrected chi connectivity index (χ3v) is 5.15. The van der Waals surface area contributed by atoms with Crippen LogP contribution in [0.3, 0.4) is 0 Å². The molecule has 8 nitrogen and oxygen atoms in total. The number of rotatable bonds is 6. The van der Waals surface area contributed by atoms with Gasteiger partial charge >= 0.3 is 10.3 Å². The summed E-state index contributed by atoms with van der Waals surface area (Å²) >= 11 is 5.85. The molecule has 0 aliphatic rings. The monoisotopic (exact) mass is 457 g/mol. The SMILES string of the molecule is CC(=O)Nc1ccc(N(c2ccc(Oc3ccc(Cl)cc3)c(C#N)c2)S(=O)(=O)O)cc1. The molecule has 0 atom stereocenters. The zero-order valence-electron chi connectivity index (χ0n) is 16.1. The number of carbonyl (C=O) groups is 1. The van der Waals surface area contributed by atoms with Crippen molar-refractivity contribution in [3.63, 3.8) is 0 Å². The summed E-state index contributed by atoms with van der Waals surface area (Å²) in [6.07, 6.45) is 0. The van der Waals surface area contributed by atoms with Crippen molar-refractivity contribution in [3.8, 4) is 17.6 Å². The highest BCUT2D eigenvalue weighted by atomic mass is 35.5. The molecule has 3 aromatic rings. The molecule has 10 heteroatoms. The summed E-state index contributed by atoms with van der Waals surface area (Å²) < 4.78 is 40.3. The summed E-state index contributed by atoms with van der Waals surface area (Å²) in [4.78, 5) is 11.2. The molecule has 0 unspecified atom stereocenters. The molecule has 3 aromatic carbocycles. The third kappa shape index (κ3) is 5.52. The zero-order valence-corrected chi connectivity index (χ0v) is 17.7. The summed E-state index contributed by atoms with van der Waals surface area (Å²) in [5, 5.41) is 12.6. The van der Waals surface area contributed by atoms with Crippen LogP contribution in [0.4, 0.5) is 17.1 Å². The van der Waals surface area contributed by atoms with Crippen LogP contribution in [0.1, 0.15) is 12.5 Å². The van der Waals surface area contributed by atoms with Crippen molar-refractivity contribution in [1.82, 2.24) is 0 Å². The number of hydrogen-bond donors (Lipinski definition) is 2. The van der Waals surface area contributed by atoms with E-state index in [1.807, 2.05) is 6.07 Å². The van der Waals surface area contributed by atoms with Gasteiger partial charge in [-0.25, -0.2) is 4.31 Å². The van der Waals surface area contributed by atoms with Crippen LogP contribution in [0.2, 0.25) is 5.02 Å². The van der Waals surface area contributed by atoms with E-state index in [4.69, 9.17) is 16.3 Å². The lowest BCUT2D eigenvalue weighted by atomic mass is 10.2. The average Bonchev–Trinajstić information content (AvgIpc) is 2.70. The number of nitrogens with one attached hydrogen (secondary N) is 1. The van der Waals surface area contributed by atoms with E-state index in [1.54, 1.807) is 24.3 Å². The molecular formula is C21H16ClN3O5S. The van der Waals surface area contributed by atoms with Crippen molar-refractivity contribution >= 4 is 44.9 Å². The largest absolute Gasteiger partial charge is 0.456 e. The van der Waals surface area contributed by atoms with Gasteiger partial charge in [-0.1, -0.05) is 11.6 Å². The molecule has 0 saturated heterocycles. The van der Waals surface area contributed by atoms with E-state index < -0.39 is 10.3 Å². The highest BCUT2D eigenvalue weighted by Gasteiger charge is 2.23. The first-order chi connectivity index (χ1) is 14.7. The van der Waals surface area contributed by atoms with E-state index >= 15 is 0 Å². The molecular weight excluding hydrogens is 442 g/mol. The van der Waals surface area contributed by atoms with Crippen molar-refractivity contribution in [2.24, 2.45) is 0 Å². The van der Waals surface area contributed by atoms with Gasteiger partial charge in [-0.05, 0) is 66.7 Å². The second kappa shape index (κ2) is 9.06. The number of anilines is 3. The third-order valence-electron chi connectivity index (χ3n) is 4.01. The first kappa shape index (κ1) is 22.1. The molecule has 0 radical (unpaired) electrons. The van der Waals surface area contributed by atoms with Gasteiger partial charge in [-0.3, -0.25) is 9.35 Å². The molecule has 1 amide bonds. The molecule has 3 rings (SSSR count). The summed E-state index contributed by atoms with van der Waals surface area (Å²) in [5.41, 5.74) is 0.633. The van der Waals surface area contributed by atoms with Crippen LogP contribution in [-0.2, 0) is 15.1 Å². The lowest BCUT2D eigenvalue weighted by Crippen LogP contribution is -2.25. The zero-order chi connectivity index (χ0) is 22.6. The van der Waals surface area contributed by atoms with Gasteiger partial charge in [-0.2, -0.15) is 13.7 Å². The summed E-state index contributed by atoms with van der Waals surface area (Å²) in [7, 11) is -4.73. The number of ether oxygens (including phenoxy) is 1. The molecule has 0 saturated carbocycles. The minimum Gasteiger partial charge on any atom is -0.456 e. The lowest BCUT2D eigenvalue weighted by Gasteiger charge is -2.22. The fourth-order valence-electron chi connectivity index (χ4n) is 2.75. The maximum absolute atomic E-state index is 12.1. The Morgan fingerprint density at radius 3 is 2.23 bits per heavy atom. The van der Waals surface area contributed by atoms with Crippen molar-refractivity contribution in [2.75, 3.05) is 9.62 Å². The molecule has 158 valence electrons. The van der Waals surface area contributed by atoms with Gasteiger partial charge in [0.1, 0.15) is 17.6 Å². The van der Waals surface area contributed by atoms with Crippen molar-refractivity contribution in [3.05, 3.63) is 77.3 Å². The molecule has 0 heterocycles. The van der Waals surface area contributed by atoms with Crippen molar-refractivity contribution < 1.29 is 22.5 Å². The summed E-state index contributed by atoms with van der Waals surface area (Å²) in [6.45, 7) is 1.34. The van der Waals surface area contributed by atoms with Crippen LogP contribution in [0, 0.1) is 11.3 Å². The Bertz CT molecular complexity index is 1250. The summed E-state index contributed by atoms with van der Waals surface area (Å²) in [6, 6.07) is 18.3. The number of halogens is 1. The second-order valence-corrected chi connectivity index (χ2v) is 8.02. The maximum Gasteiger partial charge on any atom is 0.364 e. The van der Waals surface area contributed by atoms with Gasteiger partial charge in [0.25, 0.3) is 0 Å². The van der Waals surface area contributed by atoms with E-state index in [2.05, 4.69) is 5.32 Å². The maximum atomic E-state index is 12.1. The average molecular weight is 458 g/mol. The first-order valence-corrected chi connectivity index (χ1v) is 10.6. The van der Waals surface area contributed by atoms with Crippen LogP contribution in [0.25, 0.3) is 0 Å². The van der Waals surface area contributed by atoms with E-state index in [0.717, 1.165) is 0 Å². The molecule has 0 aromatic heterocycles. The number of benzene rings is 3. The molecule has 0 aliphatic heterocycles. The van der Waals surface area contributed by atoms with Gasteiger partial charge in [0.2, 0.25) is 5.91 Å². The standard InChI is InChI=1S/C21H16ClN3O5S/c1-14(26)24-17-4-6-18(7-5-17)25(31(27,28)29)19-8-11-21(15(12-19)13-23)30-20-9-2-16(22)3-10-20/h2-12H,1H3,(H,24,26)(H,27,28,29). The Kier molecular flexibility index (Phi) is 6.46. The fraction of sp³-hybridized carbons (Fsp3) is 0.0476. The normalized spacial score (nSPS) is 10.8. The quantitative estimate of drug-likeness (QED) is 0.508. The number of amides is 1. The van der Waals surface area contributed by atoms with Crippen molar-refractivity contribution in [2.45, 2.75) is 6.92 Å². The molecule has 0 bridgehead atoms. The van der Waals surface area contributed by atoms with Crippen LogP contribution in [0.15, 0.2) is 66.7 Å². The number of hydrogen-bond acceptors (Lipinski definition) is 5. The smallest absolute Gasteiger partial charge is 0.364 e. The predicted molar refractivity (Wildman–Crippen MR) is 117 cm³/mol. The highest BCUT2D eigenvalue weighted by molar-refractivity contribution is 7.87. The van der Waals surface area contributed by atoms with Gasteiger partial charge in [0, 0.05) is 17.6 Å². The topological polar surface area (TPSA) is 120 Å². The molecule has 0 spiro atoms. The van der Waals surface area contributed by atoms with Gasteiger partial charge in [0.15, 0.2) is 0 Å². The van der Waals surface area contributed by atoms with Crippen LogP contribution < -0.4 is 14.4 Å². The highest BCUT2D eigenvalue weighted by Crippen LogP contribution is 2.34. The lowest BCUT2D eigenvalue weighted by molar-refractivity contribution is -0.114. The van der Waals surface area contributed by atoms with Crippen LogP contribution in [-0.4, -0.2) is 18.9 Å². The molecule has 2 N–H and O–H groups in total. The van der Waals surface area contributed by atoms with Gasteiger partial charge in [0.05, 0.1) is 16.9 Å². The number of nitriles is 1. The van der Waals surface area contributed by atoms with Gasteiger partial charge in [-0.15, -0.1) is 0 Å². The Labute approximate surface area is 184 Å². The predicted octanol–water partition coefficient (Wildman–Crippen LogP) is 4.90. The van der Waals surface area contributed by atoms with E-state index in [1.165, 1.54) is 49.4 Å². The number of nitrogens with zero attached hydrogens (tertiary/aromatic N) is 2. The fourth-order valence-corrected chi connectivity index (χ4v) is 3.64. The minimum absolute atomic E-state index is 0.0229. The van der Waals surface area contributed by atoms with Crippen LogP contribution in [0.5, 0.6) is 11.5 Å². The van der Waals surface area contributed by atoms with E-state index in [-0.39, 0.29) is 28.6 Å². The Hall–Kier alpha value is -3.58. The minimum atomic E-state index is -4.73. The Morgan fingerprint density at radius 1 is 1.06 bits per heavy atom. The summed E-state index contributed by atoms with van der Waals surface area (Å²) in [5.74, 6) is 0.355. The van der Waals surface area contributed by atoms with E-state index in [0.29, 0.717) is 20.8 Å². The van der Waals surface area contributed by atoms with Gasteiger partial charge < -0.3 is 10.1 Å². The Morgan fingerprint density at radius 2 is 1.68 bits per heavy atom. The molecule has 0 aliphatic carbocycles.